The Morgan fingerprint density at radius 1 is 1.29 bits per heavy atom. The molecule has 4 nitrogen and oxygen atoms in total. The third kappa shape index (κ3) is 3.38. The minimum Gasteiger partial charge on any atom is -0.337 e. The SMILES string of the molecule is Cc1ccc(C(=O)N(C)Cc2ccccc2F)c(NN)c1. The molecule has 1 amide bonds. The van der Waals surface area contributed by atoms with E-state index in [0.717, 1.165) is 5.56 Å². The van der Waals surface area contributed by atoms with Gasteiger partial charge in [-0.1, -0.05) is 24.3 Å². The first-order chi connectivity index (χ1) is 10.0. The van der Waals surface area contributed by atoms with E-state index in [1.807, 2.05) is 13.0 Å². The van der Waals surface area contributed by atoms with Crippen LogP contribution in [-0.2, 0) is 6.54 Å². The fraction of sp³-hybridized carbons (Fsp3) is 0.188. The zero-order chi connectivity index (χ0) is 15.4. The van der Waals surface area contributed by atoms with Gasteiger partial charge in [-0.05, 0) is 30.7 Å². The standard InChI is InChI=1S/C16H18FN3O/c1-11-7-8-13(15(9-11)19-18)16(21)20(2)10-12-5-3-4-6-14(12)17/h3-9,19H,10,18H2,1-2H3. The molecule has 0 aliphatic carbocycles. The van der Waals surface area contributed by atoms with E-state index in [0.29, 0.717) is 16.8 Å². The molecular formula is C16H18FN3O. The first-order valence-corrected chi connectivity index (χ1v) is 6.59. The van der Waals surface area contributed by atoms with E-state index >= 15 is 0 Å². The number of hydrazine groups is 1. The number of nitrogen functional groups attached to an aromatic ring is 1. The van der Waals surface area contributed by atoms with Crippen LogP contribution in [0.5, 0.6) is 0 Å². The predicted octanol–water partition coefficient (Wildman–Crippen LogP) is 2.69. The van der Waals surface area contributed by atoms with Crippen LogP contribution in [0.2, 0.25) is 0 Å². The molecule has 2 rings (SSSR count). The number of aryl methyl sites for hydroxylation is 1. The number of nitrogens with zero attached hydrogens (tertiary/aromatic N) is 1. The van der Waals surface area contributed by atoms with Crippen molar-refractivity contribution in [3.63, 3.8) is 0 Å². The topological polar surface area (TPSA) is 58.4 Å². The van der Waals surface area contributed by atoms with Gasteiger partial charge in [0.1, 0.15) is 5.82 Å². The summed E-state index contributed by atoms with van der Waals surface area (Å²) >= 11 is 0. The minimum atomic E-state index is -0.321. The fourth-order valence-electron chi connectivity index (χ4n) is 2.12. The van der Waals surface area contributed by atoms with E-state index in [9.17, 15) is 9.18 Å². The molecule has 0 saturated carbocycles. The molecule has 0 bridgehead atoms. The van der Waals surface area contributed by atoms with Crippen LogP contribution in [0.3, 0.4) is 0 Å². The van der Waals surface area contributed by atoms with Crippen LogP contribution in [0.1, 0.15) is 21.5 Å². The Morgan fingerprint density at radius 3 is 2.67 bits per heavy atom. The van der Waals surface area contributed by atoms with Gasteiger partial charge in [-0.15, -0.1) is 0 Å². The molecule has 0 atom stereocenters. The number of nitrogens with two attached hydrogens (primary N) is 1. The molecule has 0 spiro atoms. The maximum atomic E-state index is 13.6. The Balaban J connectivity index is 2.22. The first kappa shape index (κ1) is 15.0. The smallest absolute Gasteiger partial charge is 0.256 e. The van der Waals surface area contributed by atoms with Crippen molar-refractivity contribution in [2.75, 3.05) is 12.5 Å². The summed E-state index contributed by atoms with van der Waals surface area (Å²) in [6, 6.07) is 11.8. The Hall–Kier alpha value is -2.40. The van der Waals surface area contributed by atoms with Crippen molar-refractivity contribution in [1.29, 1.82) is 0 Å². The molecule has 2 aromatic carbocycles. The summed E-state index contributed by atoms with van der Waals surface area (Å²) in [5.41, 5.74) is 5.01. The van der Waals surface area contributed by atoms with Crippen molar-refractivity contribution in [2.45, 2.75) is 13.5 Å². The summed E-state index contributed by atoms with van der Waals surface area (Å²) in [5, 5.41) is 0. The zero-order valence-electron chi connectivity index (χ0n) is 12.1. The normalized spacial score (nSPS) is 10.3. The van der Waals surface area contributed by atoms with E-state index in [1.54, 1.807) is 37.4 Å². The van der Waals surface area contributed by atoms with Crippen molar-refractivity contribution in [3.8, 4) is 0 Å². The summed E-state index contributed by atoms with van der Waals surface area (Å²) in [4.78, 5) is 13.9. The van der Waals surface area contributed by atoms with Gasteiger partial charge >= 0.3 is 0 Å². The van der Waals surface area contributed by atoms with Gasteiger partial charge in [0, 0.05) is 19.2 Å². The van der Waals surface area contributed by atoms with E-state index < -0.39 is 0 Å². The number of hydrogen-bond donors (Lipinski definition) is 2. The summed E-state index contributed by atoms with van der Waals surface area (Å²) < 4.78 is 13.6. The molecule has 21 heavy (non-hydrogen) atoms. The molecule has 0 aliphatic heterocycles. The van der Waals surface area contributed by atoms with Crippen molar-refractivity contribution in [2.24, 2.45) is 5.84 Å². The Kier molecular flexibility index (Phi) is 4.55. The van der Waals surface area contributed by atoms with E-state index in [2.05, 4.69) is 5.43 Å². The zero-order valence-corrected chi connectivity index (χ0v) is 12.1. The third-order valence-corrected chi connectivity index (χ3v) is 3.27. The number of carbonyl (C=O) groups excluding carboxylic acids is 1. The summed E-state index contributed by atoms with van der Waals surface area (Å²) in [5.74, 6) is 4.92. The lowest BCUT2D eigenvalue weighted by molar-refractivity contribution is 0.0785. The Morgan fingerprint density at radius 2 is 2.00 bits per heavy atom. The van der Waals surface area contributed by atoms with Gasteiger partial charge in [-0.2, -0.15) is 0 Å². The van der Waals surface area contributed by atoms with Crippen molar-refractivity contribution >= 4 is 11.6 Å². The van der Waals surface area contributed by atoms with Crippen LogP contribution >= 0.6 is 0 Å². The number of nitrogens with one attached hydrogen (secondary N) is 1. The lowest BCUT2D eigenvalue weighted by Crippen LogP contribution is -2.28. The molecule has 0 aliphatic rings. The van der Waals surface area contributed by atoms with Crippen LogP contribution < -0.4 is 11.3 Å². The van der Waals surface area contributed by atoms with E-state index in [-0.39, 0.29) is 18.3 Å². The third-order valence-electron chi connectivity index (χ3n) is 3.27. The summed E-state index contributed by atoms with van der Waals surface area (Å²) in [6.45, 7) is 2.11. The number of hydrogen-bond acceptors (Lipinski definition) is 3. The summed E-state index contributed by atoms with van der Waals surface area (Å²) in [7, 11) is 1.63. The number of benzene rings is 2. The maximum absolute atomic E-state index is 13.6. The fourth-order valence-corrected chi connectivity index (χ4v) is 2.12. The number of carbonyl (C=O) groups is 1. The molecule has 2 aromatic rings. The molecule has 0 unspecified atom stereocenters. The first-order valence-electron chi connectivity index (χ1n) is 6.59. The highest BCUT2D eigenvalue weighted by Crippen LogP contribution is 2.19. The second kappa shape index (κ2) is 6.37. The van der Waals surface area contributed by atoms with Gasteiger partial charge in [0.05, 0.1) is 11.3 Å². The molecule has 0 radical (unpaired) electrons. The van der Waals surface area contributed by atoms with Crippen molar-refractivity contribution < 1.29 is 9.18 Å². The molecule has 3 N–H and O–H groups in total. The van der Waals surface area contributed by atoms with Gasteiger partial charge in [0.2, 0.25) is 0 Å². The highest BCUT2D eigenvalue weighted by atomic mass is 19.1. The van der Waals surface area contributed by atoms with Gasteiger partial charge in [-0.25, -0.2) is 4.39 Å². The largest absolute Gasteiger partial charge is 0.337 e. The second-order valence-electron chi connectivity index (χ2n) is 4.95. The highest BCUT2D eigenvalue weighted by molar-refractivity contribution is 5.99. The van der Waals surface area contributed by atoms with E-state index in [1.165, 1.54) is 11.0 Å². The van der Waals surface area contributed by atoms with Crippen LogP contribution in [-0.4, -0.2) is 17.9 Å². The molecule has 110 valence electrons. The molecule has 5 heteroatoms. The monoisotopic (exact) mass is 287 g/mol. The van der Waals surface area contributed by atoms with Gasteiger partial charge in [0.15, 0.2) is 0 Å². The quantitative estimate of drug-likeness (QED) is 0.671. The molecule has 0 heterocycles. The number of amides is 1. The van der Waals surface area contributed by atoms with Crippen LogP contribution in [0.25, 0.3) is 0 Å². The second-order valence-corrected chi connectivity index (χ2v) is 4.95. The maximum Gasteiger partial charge on any atom is 0.256 e. The Bertz CT molecular complexity index is 658. The number of rotatable bonds is 4. The lowest BCUT2D eigenvalue weighted by atomic mass is 10.1. The van der Waals surface area contributed by atoms with Gasteiger partial charge < -0.3 is 10.3 Å². The number of halogens is 1. The van der Waals surface area contributed by atoms with Gasteiger partial charge in [-0.3, -0.25) is 10.6 Å². The average molecular weight is 287 g/mol. The van der Waals surface area contributed by atoms with Crippen LogP contribution in [0, 0.1) is 12.7 Å². The molecular weight excluding hydrogens is 269 g/mol. The van der Waals surface area contributed by atoms with Crippen molar-refractivity contribution in [3.05, 3.63) is 65.0 Å². The highest BCUT2D eigenvalue weighted by Gasteiger charge is 2.17. The molecule has 0 saturated heterocycles. The average Bonchev–Trinajstić information content (AvgIpc) is 2.48. The molecule has 0 aromatic heterocycles. The summed E-state index contributed by atoms with van der Waals surface area (Å²) in [6.07, 6.45) is 0. The van der Waals surface area contributed by atoms with Crippen LogP contribution in [0.15, 0.2) is 42.5 Å². The van der Waals surface area contributed by atoms with Crippen LogP contribution in [0.4, 0.5) is 10.1 Å². The lowest BCUT2D eigenvalue weighted by Gasteiger charge is -2.19. The predicted molar refractivity (Wildman–Crippen MR) is 81.2 cm³/mol. The molecule has 0 fully saturated rings. The minimum absolute atomic E-state index is 0.198. The van der Waals surface area contributed by atoms with Gasteiger partial charge in [0.25, 0.3) is 5.91 Å². The van der Waals surface area contributed by atoms with E-state index in [4.69, 9.17) is 5.84 Å². The Labute approximate surface area is 123 Å². The number of anilines is 1. The van der Waals surface area contributed by atoms with Crippen molar-refractivity contribution in [1.82, 2.24) is 4.90 Å².